The van der Waals surface area contributed by atoms with Crippen LogP contribution in [0.25, 0.3) is 5.76 Å². The second-order valence-electron chi connectivity index (χ2n) is 10.1. The molecule has 3 aromatic carbocycles. The quantitative estimate of drug-likeness (QED) is 0.194. The van der Waals surface area contributed by atoms with Gasteiger partial charge in [-0.25, -0.2) is 0 Å². The van der Waals surface area contributed by atoms with Crippen LogP contribution in [0.15, 0.2) is 72.3 Å². The third kappa shape index (κ3) is 5.59. The summed E-state index contributed by atoms with van der Waals surface area (Å²) in [5, 5.41) is 11.5. The highest BCUT2D eigenvalue weighted by molar-refractivity contribution is 6.51. The first-order chi connectivity index (χ1) is 18.2. The van der Waals surface area contributed by atoms with Gasteiger partial charge in [-0.3, -0.25) is 14.5 Å². The van der Waals surface area contributed by atoms with Crippen LogP contribution in [0.3, 0.4) is 0 Å². The van der Waals surface area contributed by atoms with Crippen LogP contribution < -0.4 is 14.4 Å². The first-order valence-electron chi connectivity index (χ1n) is 13.1. The number of Topliss-reactive ketones (excluding diaryl/α,β-unsaturated/α-hetero) is 1. The maximum absolute atomic E-state index is 13.5. The molecule has 1 fully saturated rings. The molecule has 1 aliphatic rings. The monoisotopic (exact) mass is 513 g/mol. The van der Waals surface area contributed by atoms with Gasteiger partial charge in [-0.05, 0) is 85.3 Å². The predicted octanol–water partition coefficient (Wildman–Crippen LogP) is 6.75. The summed E-state index contributed by atoms with van der Waals surface area (Å²) in [5.41, 5.74) is 3.54. The standard InChI is InChI=1S/C32H35NO5/c1-6-15-37-27-14-13-24(17-22(27)5)30(34)28-29(23-10-8-12-26(18-23)38-19-20(2)3)33(32(36)31(28)35)25-11-7-9-21(4)16-25/h7-14,16-18,20,29,34H,6,15,19H2,1-5H3/b30-28+. The fourth-order valence-corrected chi connectivity index (χ4v) is 4.56. The van der Waals surface area contributed by atoms with E-state index < -0.39 is 17.7 Å². The van der Waals surface area contributed by atoms with Crippen LogP contribution in [-0.4, -0.2) is 30.0 Å². The molecular weight excluding hydrogens is 478 g/mol. The number of hydrogen-bond acceptors (Lipinski definition) is 5. The van der Waals surface area contributed by atoms with Crippen LogP contribution in [0.5, 0.6) is 11.5 Å². The van der Waals surface area contributed by atoms with Gasteiger partial charge in [0.2, 0.25) is 0 Å². The lowest BCUT2D eigenvalue weighted by Gasteiger charge is -2.26. The lowest BCUT2D eigenvalue weighted by molar-refractivity contribution is -0.132. The Morgan fingerprint density at radius 2 is 1.74 bits per heavy atom. The van der Waals surface area contributed by atoms with Crippen molar-refractivity contribution in [1.82, 2.24) is 0 Å². The molecular formula is C32H35NO5. The largest absolute Gasteiger partial charge is 0.507 e. The van der Waals surface area contributed by atoms with Crippen molar-refractivity contribution in [2.45, 2.75) is 47.1 Å². The second kappa shape index (κ2) is 11.5. The molecule has 0 saturated carbocycles. The summed E-state index contributed by atoms with van der Waals surface area (Å²) in [7, 11) is 0. The van der Waals surface area contributed by atoms with Crippen LogP contribution in [0, 0.1) is 19.8 Å². The Morgan fingerprint density at radius 3 is 2.42 bits per heavy atom. The van der Waals surface area contributed by atoms with E-state index in [2.05, 4.69) is 13.8 Å². The SMILES string of the molecule is CCCOc1ccc(/C(O)=C2\C(=O)C(=O)N(c3cccc(C)c3)C2c2cccc(OCC(C)C)c2)cc1C. The van der Waals surface area contributed by atoms with Crippen LogP contribution in [0.1, 0.15) is 55.5 Å². The molecule has 0 spiro atoms. The van der Waals surface area contributed by atoms with Crippen LogP contribution in [0.2, 0.25) is 0 Å². The molecule has 1 unspecified atom stereocenters. The number of aryl methyl sites for hydroxylation is 2. The number of anilines is 1. The molecule has 3 aromatic rings. The molecule has 0 aliphatic carbocycles. The van der Waals surface area contributed by atoms with Gasteiger partial charge in [0.05, 0.1) is 24.8 Å². The summed E-state index contributed by atoms with van der Waals surface area (Å²) in [5.74, 6) is 0.0578. The molecule has 198 valence electrons. The molecule has 6 nitrogen and oxygen atoms in total. The van der Waals surface area contributed by atoms with Gasteiger partial charge in [0.25, 0.3) is 11.7 Å². The van der Waals surface area contributed by atoms with E-state index in [1.54, 1.807) is 24.3 Å². The molecule has 1 N–H and O–H groups in total. The third-order valence-corrected chi connectivity index (χ3v) is 6.39. The number of amides is 1. The number of aliphatic hydroxyl groups excluding tert-OH is 1. The number of rotatable bonds is 9. The number of hydrogen-bond donors (Lipinski definition) is 1. The van der Waals surface area contributed by atoms with E-state index in [0.717, 1.165) is 23.3 Å². The smallest absolute Gasteiger partial charge is 0.300 e. The Labute approximate surface area is 224 Å². The summed E-state index contributed by atoms with van der Waals surface area (Å²) in [6.45, 7) is 11.1. The number of carbonyl (C=O) groups excluding carboxylic acids is 2. The Balaban J connectivity index is 1.86. The van der Waals surface area contributed by atoms with E-state index in [1.807, 2.05) is 63.2 Å². The molecule has 38 heavy (non-hydrogen) atoms. The Hall–Kier alpha value is -4.06. The Kier molecular flexibility index (Phi) is 8.20. The van der Waals surface area contributed by atoms with Gasteiger partial charge in [-0.15, -0.1) is 0 Å². The lowest BCUT2D eigenvalue weighted by atomic mass is 9.94. The summed E-state index contributed by atoms with van der Waals surface area (Å²) >= 11 is 0. The van der Waals surface area contributed by atoms with E-state index in [0.29, 0.717) is 41.7 Å². The second-order valence-corrected chi connectivity index (χ2v) is 10.1. The maximum atomic E-state index is 13.5. The number of aliphatic hydroxyl groups is 1. The lowest BCUT2D eigenvalue weighted by Crippen LogP contribution is -2.29. The third-order valence-electron chi connectivity index (χ3n) is 6.39. The molecule has 0 aromatic heterocycles. The predicted molar refractivity (Wildman–Crippen MR) is 150 cm³/mol. The molecule has 6 heteroatoms. The minimum Gasteiger partial charge on any atom is -0.507 e. The normalized spacial score (nSPS) is 16.8. The average molecular weight is 514 g/mol. The van der Waals surface area contributed by atoms with Gasteiger partial charge in [0.15, 0.2) is 0 Å². The molecule has 0 radical (unpaired) electrons. The summed E-state index contributed by atoms with van der Waals surface area (Å²) < 4.78 is 11.7. The number of benzene rings is 3. The van der Waals surface area contributed by atoms with Crippen molar-refractivity contribution < 1.29 is 24.2 Å². The number of nitrogens with zero attached hydrogens (tertiary/aromatic N) is 1. The fraction of sp³-hybridized carbons (Fsp3) is 0.312. The number of ketones is 1. The van der Waals surface area contributed by atoms with Crippen molar-refractivity contribution in [3.63, 3.8) is 0 Å². The first-order valence-corrected chi connectivity index (χ1v) is 13.1. The average Bonchev–Trinajstić information content (AvgIpc) is 3.16. The molecule has 1 aliphatic heterocycles. The van der Waals surface area contributed by atoms with Crippen LogP contribution in [0.4, 0.5) is 5.69 Å². The van der Waals surface area contributed by atoms with E-state index in [4.69, 9.17) is 9.47 Å². The Morgan fingerprint density at radius 1 is 0.974 bits per heavy atom. The minimum atomic E-state index is -0.823. The molecule has 1 amide bonds. The van der Waals surface area contributed by atoms with Gasteiger partial charge in [-0.2, -0.15) is 0 Å². The highest BCUT2D eigenvalue weighted by atomic mass is 16.5. The van der Waals surface area contributed by atoms with Gasteiger partial charge in [0.1, 0.15) is 17.3 Å². The summed E-state index contributed by atoms with van der Waals surface area (Å²) in [4.78, 5) is 28.4. The van der Waals surface area contributed by atoms with Crippen LogP contribution in [-0.2, 0) is 9.59 Å². The zero-order chi connectivity index (χ0) is 27.4. The van der Waals surface area contributed by atoms with Crippen molar-refractivity contribution in [3.05, 3.63) is 94.6 Å². The van der Waals surface area contributed by atoms with Gasteiger partial charge < -0.3 is 14.6 Å². The first kappa shape index (κ1) is 27.0. The van der Waals surface area contributed by atoms with Gasteiger partial charge in [-0.1, -0.05) is 45.0 Å². The zero-order valence-corrected chi connectivity index (χ0v) is 22.7. The van der Waals surface area contributed by atoms with Gasteiger partial charge in [0, 0.05) is 11.3 Å². The van der Waals surface area contributed by atoms with Gasteiger partial charge >= 0.3 is 0 Å². The molecule has 1 atom stereocenters. The summed E-state index contributed by atoms with van der Waals surface area (Å²) in [6, 6.07) is 19.3. The van der Waals surface area contributed by atoms with E-state index in [-0.39, 0.29) is 11.3 Å². The Bertz CT molecular complexity index is 1370. The fourth-order valence-electron chi connectivity index (χ4n) is 4.56. The van der Waals surface area contributed by atoms with Crippen LogP contribution >= 0.6 is 0 Å². The number of carbonyl (C=O) groups is 2. The maximum Gasteiger partial charge on any atom is 0.300 e. The van der Waals surface area contributed by atoms with Crippen molar-refractivity contribution in [2.75, 3.05) is 18.1 Å². The van der Waals surface area contributed by atoms with Crippen molar-refractivity contribution >= 4 is 23.1 Å². The van der Waals surface area contributed by atoms with E-state index in [1.165, 1.54) is 4.90 Å². The topological polar surface area (TPSA) is 76.1 Å². The molecule has 1 saturated heterocycles. The number of ether oxygens (including phenoxy) is 2. The molecule has 4 rings (SSSR count). The minimum absolute atomic E-state index is 0.0409. The van der Waals surface area contributed by atoms with Crippen molar-refractivity contribution in [3.8, 4) is 11.5 Å². The van der Waals surface area contributed by atoms with E-state index >= 15 is 0 Å². The van der Waals surface area contributed by atoms with Crippen molar-refractivity contribution in [1.29, 1.82) is 0 Å². The van der Waals surface area contributed by atoms with Crippen molar-refractivity contribution in [2.24, 2.45) is 5.92 Å². The molecule has 0 bridgehead atoms. The molecule has 1 heterocycles. The highest BCUT2D eigenvalue weighted by Gasteiger charge is 2.47. The van der Waals surface area contributed by atoms with E-state index in [9.17, 15) is 14.7 Å². The highest BCUT2D eigenvalue weighted by Crippen LogP contribution is 2.43. The summed E-state index contributed by atoms with van der Waals surface area (Å²) in [6.07, 6.45) is 0.878. The zero-order valence-electron chi connectivity index (χ0n) is 22.7.